The van der Waals surface area contributed by atoms with Crippen LogP contribution in [0.15, 0.2) is 33.7 Å². The van der Waals surface area contributed by atoms with Gasteiger partial charge in [-0.15, -0.1) is 0 Å². The molecule has 2 aliphatic rings. The van der Waals surface area contributed by atoms with Crippen molar-refractivity contribution in [2.24, 2.45) is 4.99 Å². The van der Waals surface area contributed by atoms with Crippen molar-refractivity contribution in [3.05, 3.63) is 34.3 Å². The van der Waals surface area contributed by atoms with Gasteiger partial charge in [0.2, 0.25) is 0 Å². The highest BCUT2D eigenvalue weighted by Crippen LogP contribution is 2.41. The lowest BCUT2D eigenvalue weighted by Gasteiger charge is -2.32. The number of hydrogen-bond acceptors (Lipinski definition) is 2. The molecule has 0 aromatic heterocycles. The number of likely N-dealkylation sites (tertiary alicyclic amines) is 1. The van der Waals surface area contributed by atoms with Gasteiger partial charge in [-0.2, -0.15) is 0 Å². The molecule has 2 fully saturated rings. The van der Waals surface area contributed by atoms with Crippen LogP contribution < -0.4 is 10.6 Å². The second-order valence-corrected chi connectivity index (χ2v) is 7.99. The van der Waals surface area contributed by atoms with Crippen LogP contribution in [0, 0.1) is 0 Å². The summed E-state index contributed by atoms with van der Waals surface area (Å²) < 4.78 is 26.1. The second kappa shape index (κ2) is 9.13. The summed E-state index contributed by atoms with van der Waals surface area (Å²) >= 11 is 3.47. The van der Waals surface area contributed by atoms with Gasteiger partial charge < -0.3 is 10.6 Å². The Hall–Kier alpha value is -1.21. The van der Waals surface area contributed by atoms with Crippen LogP contribution in [0.3, 0.4) is 0 Å². The molecule has 4 nitrogen and oxygen atoms in total. The van der Waals surface area contributed by atoms with Crippen molar-refractivity contribution in [3.63, 3.8) is 0 Å². The highest BCUT2D eigenvalue weighted by Gasteiger charge is 2.39. The zero-order valence-corrected chi connectivity index (χ0v) is 16.7. The minimum absolute atomic E-state index is 0.113. The van der Waals surface area contributed by atoms with Gasteiger partial charge in [-0.25, -0.2) is 8.78 Å². The maximum Gasteiger partial charge on any atom is 0.251 e. The predicted octanol–water partition coefficient (Wildman–Crippen LogP) is 3.59. The third-order valence-corrected chi connectivity index (χ3v) is 5.58. The number of aliphatic imine (C=N–C) groups is 1. The van der Waals surface area contributed by atoms with E-state index < -0.39 is 6.43 Å². The highest BCUT2D eigenvalue weighted by atomic mass is 79.9. The number of benzene rings is 1. The van der Waals surface area contributed by atoms with E-state index >= 15 is 0 Å². The lowest BCUT2D eigenvalue weighted by molar-refractivity contribution is 0.0744. The molecule has 0 spiro atoms. The molecule has 7 heteroatoms. The number of nitrogens with zero attached hydrogens (tertiary/aromatic N) is 2. The van der Waals surface area contributed by atoms with Crippen molar-refractivity contribution >= 4 is 21.9 Å². The van der Waals surface area contributed by atoms with Crippen LogP contribution in [-0.4, -0.2) is 55.5 Å². The van der Waals surface area contributed by atoms with Crippen LogP contribution in [0.1, 0.15) is 37.7 Å². The molecule has 3 rings (SSSR count). The normalized spacial score (nSPS) is 24.7. The van der Waals surface area contributed by atoms with Gasteiger partial charge >= 0.3 is 0 Å². The Morgan fingerprint density at radius 3 is 2.54 bits per heavy atom. The second-order valence-electron chi connectivity index (χ2n) is 7.08. The van der Waals surface area contributed by atoms with Crippen LogP contribution in [0.2, 0.25) is 0 Å². The molecule has 1 saturated carbocycles. The number of rotatable bonds is 6. The first-order valence-electron chi connectivity index (χ1n) is 9.38. The molecule has 1 saturated heterocycles. The zero-order valence-electron chi connectivity index (χ0n) is 15.1. The third-order valence-electron chi connectivity index (χ3n) is 5.05. The molecular formula is C19H27BrF2N4. The van der Waals surface area contributed by atoms with Crippen molar-refractivity contribution in [1.82, 2.24) is 15.5 Å². The zero-order chi connectivity index (χ0) is 18.5. The summed E-state index contributed by atoms with van der Waals surface area (Å²) in [6.45, 7) is 4.06. The molecule has 2 atom stereocenters. The molecule has 1 aromatic rings. The SMILES string of the molecule is CCN=C(NC1CCN(CC(F)F)CC1)NC1CC1c1ccc(Br)cc1. The molecule has 144 valence electrons. The third kappa shape index (κ3) is 5.64. The van der Waals surface area contributed by atoms with Gasteiger partial charge in [-0.05, 0) is 43.9 Å². The monoisotopic (exact) mass is 428 g/mol. The molecule has 2 N–H and O–H groups in total. The van der Waals surface area contributed by atoms with Crippen molar-refractivity contribution in [1.29, 1.82) is 0 Å². The molecule has 26 heavy (non-hydrogen) atoms. The summed E-state index contributed by atoms with van der Waals surface area (Å²) in [7, 11) is 0. The van der Waals surface area contributed by atoms with Crippen molar-refractivity contribution in [2.45, 2.75) is 50.6 Å². The van der Waals surface area contributed by atoms with Crippen molar-refractivity contribution < 1.29 is 8.78 Å². The molecule has 2 unspecified atom stereocenters. The summed E-state index contributed by atoms with van der Waals surface area (Å²) in [5.74, 6) is 1.38. The van der Waals surface area contributed by atoms with Crippen LogP contribution in [0.5, 0.6) is 0 Å². The average Bonchev–Trinajstić information content (AvgIpc) is 3.36. The molecule has 1 aliphatic heterocycles. The van der Waals surface area contributed by atoms with E-state index in [1.165, 1.54) is 5.56 Å². The fourth-order valence-electron chi connectivity index (χ4n) is 3.55. The van der Waals surface area contributed by atoms with Gasteiger partial charge in [0.05, 0.1) is 6.54 Å². The van der Waals surface area contributed by atoms with Gasteiger partial charge in [-0.1, -0.05) is 28.1 Å². The van der Waals surface area contributed by atoms with E-state index in [-0.39, 0.29) is 6.54 Å². The maximum atomic E-state index is 12.5. The predicted molar refractivity (Wildman–Crippen MR) is 105 cm³/mol. The van der Waals surface area contributed by atoms with E-state index in [2.05, 4.69) is 55.8 Å². The standard InChI is InChI=1S/C19H27BrF2N4/c1-2-23-19(24-15-7-9-26(10-8-15)12-18(21)22)25-17-11-16(17)13-3-5-14(20)6-4-13/h3-6,15-18H,2,7-12H2,1H3,(H2,23,24,25). The summed E-state index contributed by atoms with van der Waals surface area (Å²) in [6.07, 6.45) is 0.609. The Morgan fingerprint density at radius 1 is 1.23 bits per heavy atom. The Morgan fingerprint density at radius 2 is 1.92 bits per heavy atom. The Labute approximate surface area is 162 Å². The minimum atomic E-state index is -2.25. The minimum Gasteiger partial charge on any atom is -0.354 e. The smallest absolute Gasteiger partial charge is 0.251 e. The molecule has 1 aliphatic carbocycles. The van der Waals surface area contributed by atoms with Gasteiger partial charge in [0.15, 0.2) is 5.96 Å². The molecular weight excluding hydrogens is 402 g/mol. The van der Waals surface area contributed by atoms with Crippen LogP contribution in [-0.2, 0) is 0 Å². The van der Waals surface area contributed by atoms with E-state index in [9.17, 15) is 8.78 Å². The van der Waals surface area contributed by atoms with E-state index in [1.54, 1.807) is 0 Å². The first kappa shape index (κ1) is 19.5. The quantitative estimate of drug-likeness (QED) is 0.537. The average molecular weight is 429 g/mol. The van der Waals surface area contributed by atoms with Crippen LogP contribution >= 0.6 is 15.9 Å². The van der Waals surface area contributed by atoms with Crippen molar-refractivity contribution in [2.75, 3.05) is 26.2 Å². The Balaban J connectivity index is 1.47. The number of guanidine groups is 1. The number of nitrogens with one attached hydrogen (secondary N) is 2. The summed E-state index contributed by atoms with van der Waals surface area (Å²) in [6, 6.07) is 9.20. The van der Waals surface area contributed by atoms with E-state index in [0.29, 0.717) is 31.1 Å². The van der Waals surface area contributed by atoms with Gasteiger partial charge in [0.1, 0.15) is 0 Å². The van der Waals surface area contributed by atoms with Crippen LogP contribution in [0.4, 0.5) is 8.78 Å². The Bertz CT molecular complexity index is 600. The lowest BCUT2D eigenvalue weighted by Crippen LogP contribution is -2.50. The molecule has 1 heterocycles. The first-order chi connectivity index (χ1) is 12.5. The fraction of sp³-hybridized carbons (Fsp3) is 0.632. The fourth-order valence-corrected chi connectivity index (χ4v) is 3.81. The number of piperidine rings is 1. The summed E-state index contributed by atoms with van der Waals surface area (Å²) in [4.78, 5) is 6.41. The molecule has 0 radical (unpaired) electrons. The summed E-state index contributed by atoms with van der Waals surface area (Å²) in [5.41, 5.74) is 1.35. The highest BCUT2D eigenvalue weighted by molar-refractivity contribution is 9.10. The topological polar surface area (TPSA) is 39.7 Å². The van der Waals surface area contributed by atoms with Gasteiger partial charge in [0.25, 0.3) is 6.43 Å². The van der Waals surface area contributed by atoms with Gasteiger partial charge in [-0.3, -0.25) is 9.89 Å². The van der Waals surface area contributed by atoms with Crippen LogP contribution in [0.25, 0.3) is 0 Å². The molecule has 1 aromatic carbocycles. The van der Waals surface area contributed by atoms with E-state index in [4.69, 9.17) is 0 Å². The summed E-state index contributed by atoms with van der Waals surface area (Å²) in [5, 5.41) is 7.04. The van der Waals surface area contributed by atoms with Crippen molar-refractivity contribution in [3.8, 4) is 0 Å². The molecule has 0 amide bonds. The maximum absolute atomic E-state index is 12.5. The Kier molecular flexibility index (Phi) is 6.86. The molecule has 0 bridgehead atoms. The number of hydrogen-bond donors (Lipinski definition) is 2. The largest absolute Gasteiger partial charge is 0.354 e. The van der Waals surface area contributed by atoms with E-state index in [1.807, 2.05) is 11.8 Å². The van der Waals surface area contributed by atoms with E-state index in [0.717, 1.165) is 36.2 Å². The number of halogens is 3. The first-order valence-corrected chi connectivity index (χ1v) is 10.2. The van der Waals surface area contributed by atoms with Gasteiger partial charge in [0, 0.05) is 42.1 Å². The number of alkyl halides is 2. The lowest BCUT2D eigenvalue weighted by atomic mass is 10.1.